The van der Waals surface area contributed by atoms with Gasteiger partial charge in [0.1, 0.15) is 11.6 Å². The number of hydrogen-bond acceptors (Lipinski definition) is 2. The molecular weight excluding hydrogens is 241 g/mol. The lowest BCUT2D eigenvalue weighted by atomic mass is 10.1. The van der Waals surface area contributed by atoms with E-state index >= 15 is 0 Å². The minimum absolute atomic E-state index is 0.0754. The molecule has 0 aliphatic rings. The predicted octanol–water partition coefficient (Wildman–Crippen LogP) is 4.23. The summed E-state index contributed by atoms with van der Waals surface area (Å²) in [6.45, 7) is 6.37. The summed E-state index contributed by atoms with van der Waals surface area (Å²) in [5.74, 6) is 0.544. The fourth-order valence-electron chi connectivity index (χ4n) is 1.89. The van der Waals surface area contributed by atoms with E-state index in [0.717, 1.165) is 37.0 Å². The van der Waals surface area contributed by atoms with Crippen LogP contribution in [0.4, 0.5) is 4.39 Å². The Hall–Kier alpha value is -1.35. The lowest BCUT2D eigenvalue weighted by Crippen LogP contribution is -2.14. The molecule has 0 bridgehead atoms. The zero-order valence-electron chi connectivity index (χ0n) is 11.9. The summed E-state index contributed by atoms with van der Waals surface area (Å²) in [5, 5.41) is 3.11. The highest BCUT2D eigenvalue weighted by atomic mass is 19.1. The number of rotatable bonds is 9. The first-order valence-electron chi connectivity index (χ1n) is 6.89. The Morgan fingerprint density at radius 3 is 2.84 bits per heavy atom. The van der Waals surface area contributed by atoms with Gasteiger partial charge >= 0.3 is 0 Å². The molecule has 0 heterocycles. The van der Waals surface area contributed by atoms with Crippen molar-refractivity contribution in [3.63, 3.8) is 0 Å². The Labute approximate surface area is 115 Å². The van der Waals surface area contributed by atoms with E-state index in [-0.39, 0.29) is 11.9 Å². The van der Waals surface area contributed by atoms with E-state index in [4.69, 9.17) is 4.74 Å². The number of nitrogens with one attached hydrogen (secondary N) is 1. The fraction of sp³-hybridized carbons (Fsp3) is 0.500. The van der Waals surface area contributed by atoms with E-state index in [0.29, 0.717) is 6.61 Å². The van der Waals surface area contributed by atoms with Crippen LogP contribution in [0.2, 0.25) is 0 Å². The average molecular weight is 265 g/mol. The Morgan fingerprint density at radius 1 is 1.37 bits per heavy atom. The van der Waals surface area contributed by atoms with Gasteiger partial charge in [-0.2, -0.15) is 0 Å². The van der Waals surface area contributed by atoms with Crippen LogP contribution in [0.5, 0.6) is 5.75 Å². The first-order valence-corrected chi connectivity index (χ1v) is 6.89. The van der Waals surface area contributed by atoms with Crippen molar-refractivity contribution in [1.29, 1.82) is 0 Å². The van der Waals surface area contributed by atoms with Crippen molar-refractivity contribution in [2.45, 2.75) is 38.6 Å². The molecule has 0 saturated carbocycles. The molecule has 0 spiro atoms. The van der Waals surface area contributed by atoms with Gasteiger partial charge in [0.05, 0.1) is 6.61 Å². The van der Waals surface area contributed by atoms with E-state index in [2.05, 4.69) is 11.9 Å². The van der Waals surface area contributed by atoms with E-state index in [9.17, 15) is 4.39 Å². The Kier molecular flexibility index (Phi) is 7.19. The van der Waals surface area contributed by atoms with Gasteiger partial charge in [-0.05, 0) is 57.9 Å². The van der Waals surface area contributed by atoms with E-state index in [1.165, 1.54) is 12.1 Å². The molecule has 1 N–H and O–H groups in total. The molecular formula is C16H24FNO. The topological polar surface area (TPSA) is 21.3 Å². The molecule has 0 aromatic heterocycles. The molecule has 106 valence electrons. The minimum atomic E-state index is -0.226. The molecule has 1 atom stereocenters. The molecule has 1 aromatic rings. The van der Waals surface area contributed by atoms with Gasteiger partial charge in [-0.1, -0.05) is 6.08 Å². The normalized spacial score (nSPS) is 12.2. The smallest absolute Gasteiger partial charge is 0.124 e. The molecule has 0 amide bonds. The van der Waals surface area contributed by atoms with Gasteiger partial charge in [0.15, 0.2) is 0 Å². The van der Waals surface area contributed by atoms with Crippen LogP contribution < -0.4 is 10.1 Å². The van der Waals surface area contributed by atoms with Crippen LogP contribution in [0.1, 0.15) is 44.2 Å². The quantitative estimate of drug-likeness (QED) is 0.533. The lowest BCUT2D eigenvalue weighted by Gasteiger charge is -2.16. The van der Waals surface area contributed by atoms with Gasteiger partial charge in [-0.3, -0.25) is 0 Å². The third kappa shape index (κ3) is 5.43. The third-order valence-corrected chi connectivity index (χ3v) is 3.18. The summed E-state index contributed by atoms with van der Waals surface area (Å²) in [6.07, 6.45) is 6.28. The monoisotopic (exact) mass is 265 g/mol. The Balaban J connectivity index is 2.50. The molecule has 1 rings (SSSR count). The molecule has 19 heavy (non-hydrogen) atoms. The molecule has 1 unspecified atom stereocenters. The lowest BCUT2D eigenvalue weighted by molar-refractivity contribution is 0.299. The molecule has 0 fully saturated rings. The maximum Gasteiger partial charge on any atom is 0.124 e. The third-order valence-electron chi connectivity index (χ3n) is 3.18. The van der Waals surface area contributed by atoms with Gasteiger partial charge in [-0.15, -0.1) is 6.58 Å². The van der Waals surface area contributed by atoms with Crippen molar-refractivity contribution in [3.05, 3.63) is 42.2 Å². The summed E-state index contributed by atoms with van der Waals surface area (Å²) in [4.78, 5) is 0. The summed E-state index contributed by atoms with van der Waals surface area (Å²) < 4.78 is 19.0. The van der Waals surface area contributed by atoms with Gasteiger partial charge in [-0.25, -0.2) is 4.39 Å². The number of unbranched alkanes of at least 4 members (excludes halogenated alkanes) is 3. The first-order chi connectivity index (χ1) is 9.19. The second-order valence-electron chi connectivity index (χ2n) is 4.68. The van der Waals surface area contributed by atoms with Crippen LogP contribution in [0.3, 0.4) is 0 Å². The maximum atomic E-state index is 13.3. The second kappa shape index (κ2) is 8.70. The summed E-state index contributed by atoms with van der Waals surface area (Å²) in [7, 11) is 1.86. The van der Waals surface area contributed by atoms with Gasteiger partial charge < -0.3 is 10.1 Å². The average Bonchev–Trinajstić information content (AvgIpc) is 2.43. The highest BCUT2D eigenvalue weighted by Gasteiger charge is 2.11. The predicted molar refractivity (Wildman–Crippen MR) is 78.0 cm³/mol. The Bertz CT molecular complexity index is 392. The summed E-state index contributed by atoms with van der Waals surface area (Å²) in [6, 6.07) is 4.77. The van der Waals surface area contributed by atoms with Crippen molar-refractivity contribution in [2.75, 3.05) is 13.7 Å². The van der Waals surface area contributed by atoms with Crippen molar-refractivity contribution in [3.8, 4) is 5.75 Å². The number of ether oxygens (including phenoxy) is 1. The molecule has 0 aliphatic heterocycles. The second-order valence-corrected chi connectivity index (χ2v) is 4.68. The minimum Gasteiger partial charge on any atom is -0.493 e. The highest BCUT2D eigenvalue weighted by molar-refractivity contribution is 5.36. The van der Waals surface area contributed by atoms with Crippen LogP contribution >= 0.6 is 0 Å². The van der Waals surface area contributed by atoms with Crippen molar-refractivity contribution in [2.24, 2.45) is 0 Å². The molecule has 1 aromatic carbocycles. The van der Waals surface area contributed by atoms with E-state index in [1.54, 1.807) is 6.07 Å². The first kappa shape index (κ1) is 15.7. The number of hydrogen-bond donors (Lipinski definition) is 1. The van der Waals surface area contributed by atoms with Crippen LogP contribution in [-0.4, -0.2) is 13.7 Å². The van der Waals surface area contributed by atoms with Crippen molar-refractivity contribution in [1.82, 2.24) is 5.32 Å². The molecule has 3 heteroatoms. The van der Waals surface area contributed by atoms with Gasteiger partial charge in [0.2, 0.25) is 0 Å². The zero-order valence-corrected chi connectivity index (χ0v) is 11.9. The van der Waals surface area contributed by atoms with Gasteiger partial charge in [0, 0.05) is 11.6 Å². The van der Waals surface area contributed by atoms with Crippen LogP contribution in [-0.2, 0) is 0 Å². The highest BCUT2D eigenvalue weighted by Crippen LogP contribution is 2.26. The molecule has 0 radical (unpaired) electrons. The van der Waals surface area contributed by atoms with Gasteiger partial charge in [0.25, 0.3) is 0 Å². The van der Waals surface area contributed by atoms with Crippen molar-refractivity contribution < 1.29 is 9.13 Å². The van der Waals surface area contributed by atoms with Crippen LogP contribution in [0.15, 0.2) is 30.9 Å². The largest absolute Gasteiger partial charge is 0.493 e. The zero-order chi connectivity index (χ0) is 14.1. The maximum absolute atomic E-state index is 13.3. The standard InChI is InChI=1S/C16H24FNO/c1-4-5-6-7-8-11-19-16-10-9-14(17)12-15(16)13(2)18-3/h4,9-10,12-13,18H,1,5-8,11H2,2-3H3. The van der Waals surface area contributed by atoms with Crippen LogP contribution in [0, 0.1) is 5.82 Å². The van der Waals surface area contributed by atoms with E-state index in [1.807, 2.05) is 20.0 Å². The molecule has 0 aliphatic carbocycles. The van der Waals surface area contributed by atoms with Crippen molar-refractivity contribution >= 4 is 0 Å². The Morgan fingerprint density at radius 2 is 2.16 bits per heavy atom. The number of allylic oxidation sites excluding steroid dienone is 1. The van der Waals surface area contributed by atoms with Crippen LogP contribution in [0.25, 0.3) is 0 Å². The summed E-state index contributed by atoms with van der Waals surface area (Å²) >= 11 is 0. The van der Waals surface area contributed by atoms with E-state index < -0.39 is 0 Å². The fourth-order valence-corrected chi connectivity index (χ4v) is 1.89. The molecule has 2 nitrogen and oxygen atoms in total. The SMILES string of the molecule is C=CCCCCCOc1ccc(F)cc1C(C)NC. The molecule has 0 saturated heterocycles. The number of benzene rings is 1. The summed E-state index contributed by atoms with van der Waals surface area (Å²) in [5.41, 5.74) is 0.869. The number of halogens is 1.